The summed E-state index contributed by atoms with van der Waals surface area (Å²) in [5, 5.41) is 4.28. The SMILES string of the molecule is CCNC(CSC(C)C)Cc1ccccc1Br. The smallest absolute Gasteiger partial charge is 0.0207 e. The number of thioether (sulfide) groups is 1. The predicted octanol–water partition coefficient (Wildman–Crippen LogP) is 4.11. The van der Waals surface area contributed by atoms with Crippen molar-refractivity contribution in [1.29, 1.82) is 0 Å². The molecule has 1 atom stereocenters. The van der Waals surface area contributed by atoms with Crippen LogP contribution in [0.5, 0.6) is 0 Å². The molecule has 1 aromatic carbocycles. The van der Waals surface area contributed by atoms with Crippen molar-refractivity contribution in [2.45, 2.75) is 38.5 Å². The van der Waals surface area contributed by atoms with E-state index in [0.29, 0.717) is 11.3 Å². The standard InChI is InChI=1S/C14H22BrNS/c1-4-16-13(10-17-11(2)3)9-12-7-5-6-8-14(12)15/h5-8,11,13,16H,4,9-10H2,1-3H3. The Hall–Kier alpha value is 0.01000. The van der Waals surface area contributed by atoms with Gasteiger partial charge in [0.15, 0.2) is 0 Å². The number of benzene rings is 1. The summed E-state index contributed by atoms with van der Waals surface area (Å²) in [6, 6.07) is 9.06. The Morgan fingerprint density at radius 3 is 2.59 bits per heavy atom. The van der Waals surface area contributed by atoms with Gasteiger partial charge in [0.25, 0.3) is 0 Å². The van der Waals surface area contributed by atoms with Gasteiger partial charge >= 0.3 is 0 Å². The molecule has 96 valence electrons. The summed E-state index contributed by atoms with van der Waals surface area (Å²) in [4.78, 5) is 0. The molecule has 1 aromatic rings. The molecule has 0 aliphatic carbocycles. The second-order valence-electron chi connectivity index (χ2n) is 4.43. The number of halogens is 1. The minimum absolute atomic E-state index is 0.561. The topological polar surface area (TPSA) is 12.0 Å². The average Bonchev–Trinajstić information content (AvgIpc) is 2.29. The molecule has 0 heterocycles. The summed E-state index contributed by atoms with van der Waals surface area (Å²) in [6.45, 7) is 7.72. The van der Waals surface area contributed by atoms with Crippen LogP contribution >= 0.6 is 27.7 Å². The molecule has 1 nitrogen and oxygen atoms in total. The molecule has 0 bridgehead atoms. The van der Waals surface area contributed by atoms with Crippen LogP contribution in [0.2, 0.25) is 0 Å². The molecule has 0 saturated heterocycles. The Balaban J connectivity index is 2.56. The largest absolute Gasteiger partial charge is 0.313 e. The van der Waals surface area contributed by atoms with E-state index in [-0.39, 0.29) is 0 Å². The monoisotopic (exact) mass is 315 g/mol. The fourth-order valence-corrected chi connectivity index (χ4v) is 3.02. The minimum atomic E-state index is 0.561. The van der Waals surface area contributed by atoms with E-state index < -0.39 is 0 Å². The summed E-state index contributed by atoms with van der Waals surface area (Å²) < 4.78 is 1.22. The molecule has 1 N–H and O–H groups in total. The molecule has 0 spiro atoms. The lowest BCUT2D eigenvalue weighted by molar-refractivity contribution is 0.571. The lowest BCUT2D eigenvalue weighted by Crippen LogP contribution is -2.33. The van der Waals surface area contributed by atoms with E-state index in [4.69, 9.17) is 0 Å². The third kappa shape index (κ3) is 5.94. The molecular formula is C14H22BrNS. The molecule has 3 heteroatoms. The van der Waals surface area contributed by atoms with E-state index >= 15 is 0 Å². The van der Waals surface area contributed by atoms with E-state index in [1.165, 1.54) is 15.8 Å². The first kappa shape index (κ1) is 15.1. The van der Waals surface area contributed by atoms with E-state index in [9.17, 15) is 0 Å². The summed E-state index contributed by atoms with van der Waals surface area (Å²) in [7, 11) is 0. The van der Waals surface area contributed by atoms with Gasteiger partial charge in [0, 0.05) is 16.3 Å². The fourth-order valence-electron chi connectivity index (χ4n) is 1.72. The highest BCUT2D eigenvalue weighted by molar-refractivity contribution is 9.10. The Labute approximate surface area is 118 Å². The highest BCUT2D eigenvalue weighted by Crippen LogP contribution is 2.19. The zero-order valence-corrected chi connectivity index (χ0v) is 13.3. The Kier molecular flexibility index (Phi) is 7.24. The second-order valence-corrected chi connectivity index (χ2v) is 6.90. The molecule has 1 rings (SSSR count). The zero-order chi connectivity index (χ0) is 12.7. The summed E-state index contributed by atoms with van der Waals surface area (Å²) in [5.74, 6) is 1.17. The van der Waals surface area contributed by atoms with Crippen LogP contribution in [0.15, 0.2) is 28.7 Å². The third-order valence-corrected chi connectivity index (χ3v) is 4.58. The minimum Gasteiger partial charge on any atom is -0.313 e. The van der Waals surface area contributed by atoms with Gasteiger partial charge in [0.2, 0.25) is 0 Å². The second kappa shape index (κ2) is 8.17. The van der Waals surface area contributed by atoms with E-state index in [2.05, 4.69) is 66.3 Å². The maximum absolute atomic E-state index is 3.62. The van der Waals surface area contributed by atoms with Crippen LogP contribution in [0.4, 0.5) is 0 Å². The van der Waals surface area contributed by atoms with Gasteiger partial charge in [-0.25, -0.2) is 0 Å². The van der Waals surface area contributed by atoms with Crippen LogP contribution in [0.3, 0.4) is 0 Å². The Morgan fingerprint density at radius 1 is 1.29 bits per heavy atom. The lowest BCUT2D eigenvalue weighted by Gasteiger charge is -2.19. The molecular weight excluding hydrogens is 294 g/mol. The van der Waals surface area contributed by atoms with Crippen molar-refractivity contribution in [3.63, 3.8) is 0 Å². The molecule has 0 aromatic heterocycles. The highest BCUT2D eigenvalue weighted by atomic mass is 79.9. The average molecular weight is 316 g/mol. The van der Waals surface area contributed by atoms with Crippen LogP contribution in [0.25, 0.3) is 0 Å². The van der Waals surface area contributed by atoms with Gasteiger partial charge in [-0.2, -0.15) is 11.8 Å². The first-order chi connectivity index (χ1) is 8.13. The van der Waals surface area contributed by atoms with E-state index in [1.54, 1.807) is 0 Å². The van der Waals surface area contributed by atoms with E-state index in [1.807, 2.05) is 11.8 Å². The van der Waals surface area contributed by atoms with Crippen molar-refractivity contribution in [3.05, 3.63) is 34.3 Å². The summed E-state index contributed by atoms with van der Waals surface area (Å²) in [5.41, 5.74) is 1.39. The van der Waals surface area contributed by atoms with Gasteiger partial charge in [-0.1, -0.05) is 54.9 Å². The maximum atomic E-state index is 3.62. The predicted molar refractivity (Wildman–Crippen MR) is 82.9 cm³/mol. The van der Waals surface area contributed by atoms with Crippen molar-refractivity contribution in [3.8, 4) is 0 Å². The lowest BCUT2D eigenvalue weighted by atomic mass is 10.1. The number of likely N-dealkylation sites (N-methyl/N-ethyl adjacent to an activating group) is 1. The van der Waals surface area contributed by atoms with Crippen LogP contribution in [-0.2, 0) is 6.42 Å². The van der Waals surface area contributed by atoms with Crippen LogP contribution < -0.4 is 5.32 Å². The molecule has 0 aliphatic heterocycles. The number of hydrogen-bond acceptors (Lipinski definition) is 2. The van der Waals surface area contributed by atoms with Crippen molar-refractivity contribution in [2.24, 2.45) is 0 Å². The van der Waals surface area contributed by atoms with Crippen molar-refractivity contribution < 1.29 is 0 Å². The summed E-state index contributed by atoms with van der Waals surface area (Å²) in [6.07, 6.45) is 1.09. The first-order valence-corrected chi connectivity index (χ1v) is 8.06. The fraction of sp³-hybridized carbons (Fsp3) is 0.571. The summed E-state index contributed by atoms with van der Waals surface area (Å²) >= 11 is 5.65. The number of rotatable bonds is 7. The van der Waals surface area contributed by atoms with Gasteiger partial charge < -0.3 is 5.32 Å². The molecule has 17 heavy (non-hydrogen) atoms. The highest BCUT2D eigenvalue weighted by Gasteiger charge is 2.11. The van der Waals surface area contributed by atoms with Crippen LogP contribution in [0.1, 0.15) is 26.3 Å². The Bertz CT molecular complexity index is 328. The third-order valence-electron chi connectivity index (χ3n) is 2.55. The normalized spacial score (nSPS) is 13.0. The number of hydrogen-bond donors (Lipinski definition) is 1. The van der Waals surface area contributed by atoms with Gasteiger partial charge in [-0.15, -0.1) is 0 Å². The molecule has 0 aliphatic rings. The van der Waals surface area contributed by atoms with E-state index in [0.717, 1.165) is 13.0 Å². The molecule has 1 unspecified atom stereocenters. The maximum Gasteiger partial charge on any atom is 0.0207 e. The van der Waals surface area contributed by atoms with Gasteiger partial charge in [0.1, 0.15) is 0 Å². The van der Waals surface area contributed by atoms with Gasteiger partial charge in [-0.05, 0) is 29.8 Å². The van der Waals surface area contributed by atoms with Crippen molar-refractivity contribution >= 4 is 27.7 Å². The Morgan fingerprint density at radius 2 is 2.00 bits per heavy atom. The number of nitrogens with one attached hydrogen (secondary N) is 1. The van der Waals surface area contributed by atoms with Gasteiger partial charge in [-0.3, -0.25) is 0 Å². The van der Waals surface area contributed by atoms with Crippen LogP contribution in [-0.4, -0.2) is 23.6 Å². The molecule has 0 saturated carbocycles. The zero-order valence-electron chi connectivity index (χ0n) is 10.9. The van der Waals surface area contributed by atoms with Crippen molar-refractivity contribution in [1.82, 2.24) is 5.32 Å². The van der Waals surface area contributed by atoms with Crippen LogP contribution in [0, 0.1) is 0 Å². The van der Waals surface area contributed by atoms with Gasteiger partial charge in [0.05, 0.1) is 0 Å². The van der Waals surface area contributed by atoms with Crippen molar-refractivity contribution in [2.75, 3.05) is 12.3 Å². The first-order valence-electron chi connectivity index (χ1n) is 6.21. The molecule has 0 amide bonds. The molecule has 0 fully saturated rings. The molecule has 0 radical (unpaired) electrons. The quantitative estimate of drug-likeness (QED) is 0.812.